The van der Waals surface area contributed by atoms with Crippen molar-refractivity contribution in [3.8, 4) is 0 Å². The fourth-order valence-corrected chi connectivity index (χ4v) is 3.51. The summed E-state index contributed by atoms with van der Waals surface area (Å²) in [5, 5.41) is 6.84. The predicted octanol–water partition coefficient (Wildman–Crippen LogP) is 1.10. The Morgan fingerprint density at radius 3 is 2.96 bits per heavy atom. The summed E-state index contributed by atoms with van der Waals surface area (Å²) in [5.74, 6) is -0.277. The number of amides is 2. The minimum absolute atomic E-state index is 0.0301. The Morgan fingerprint density at radius 1 is 1.33 bits per heavy atom. The van der Waals surface area contributed by atoms with Crippen molar-refractivity contribution in [2.24, 2.45) is 12.2 Å². The summed E-state index contributed by atoms with van der Waals surface area (Å²) in [6.45, 7) is 1.40. The van der Waals surface area contributed by atoms with Gasteiger partial charge in [-0.3, -0.25) is 14.6 Å². The Kier molecular flexibility index (Phi) is 4.39. The molecule has 1 spiro atoms. The van der Waals surface area contributed by atoms with Gasteiger partial charge in [0.1, 0.15) is 11.4 Å². The molecule has 2 amide bonds. The van der Waals surface area contributed by atoms with Gasteiger partial charge in [-0.25, -0.2) is 0 Å². The minimum Gasteiger partial charge on any atom is -0.386 e. The Balaban J connectivity index is 1.34. The normalized spacial score (nSPS) is 21.2. The van der Waals surface area contributed by atoms with E-state index in [0.717, 1.165) is 5.56 Å². The number of hydrogen-bond donors (Lipinski definition) is 1. The highest BCUT2D eigenvalue weighted by Crippen LogP contribution is 2.34. The minimum atomic E-state index is -0.595. The number of carbonyl (C=O) groups is 2. The van der Waals surface area contributed by atoms with Crippen LogP contribution in [0.1, 0.15) is 28.9 Å². The van der Waals surface area contributed by atoms with E-state index >= 15 is 0 Å². The van der Waals surface area contributed by atoms with Crippen LogP contribution >= 0.6 is 0 Å². The molecule has 1 N–H and O–H groups in total. The second kappa shape index (κ2) is 6.86. The van der Waals surface area contributed by atoms with Crippen molar-refractivity contribution in [1.29, 1.82) is 0 Å². The van der Waals surface area contributed by atoms with E-state index in [9.17, 15) is 9.59 Å². The van der Waals surface area contributed by atoms with Crippen LogP contribution in [0, 0.1) is 0 Å². The molecule has 4 rings (SSSR count). The molecular weight excluding hydrogens is 346 g/mol. The number of oxime groups is 1. The lowest BCUT2D eigenvalue weighted by Gasteiger charge is -2.21. The summed E-state index contributed by atoms with van der Waals surface area (Å²) in [5.41, 5.74) is 1.33. The van der Waals surface area contributed by atoms with Gasteiger partial charge in [0.25, 0.3) is 11.8 Å². The lowest BCUT2D eigenvalue weighted by molar-refractivity contribution is -0.115. The monoisotopic (exact) mass is 367 g/mol. The zero-order valence-corrected chi connectivity index (χ0v) is 15.1. The molecule has 0 aromatic carbocycles. The number of carbonyl (C=O) groups excluding carboxylic acids is 2. The molecule has 2 aromatic rings. The second-order valence-electron chi connectivity index (χ2n) is 7.01. The molecule has 0 radical (unpaired) electrons. The molecule has 1 atom stereocenters. The summed E-state index contributed by atoms with van der Waals surface area (Å²) in [6.07, 6.45) is 6.30. The van der Waals surface area contributed by atoms with Gasteiger partial charge in [-0.2, -0.15) is 0 Å². The third-order valence-corrected chi connectivity index (χ3v) is 5.04. The SMILES string of the molecule is Cn1cccc1C(=O)N1CCC2(CC(C(=O)NCc3cccnc3)=NO2)C1. The second-order valence-corrected chi connectivity index (χ2v) is 7.01. The van der Waals surface area contributed by atoms with Gasteiger partial charge in [0.2, 0.25) is 0 Å². The van der Waals surface area contributed by atoms with Crippen LogP contribution in [0.15, 0.2) is 48.0 Å². The number of aryl methyl sites for hydroxylation is 1. The number of aromatic nitrogens is 2. The first-order chi connectivity index (χ1) is 13.1. The average Bonchev–Trinajstić information content (AvgIpc) is 3.41. The van der Waals surface area contributed by atoms with E-state index in [1.54, 1.807) is 27.9 Å². The van der Waals surface area contributed by atoms with Crippen LogP contribution in [0.4, 0.5) is 0 Å². The van der Waals surface area contributed by atoms with E-state index in [0.29, 0.717) is 43.9 Å². The molecule has 0 aliphatic carbocycles. The topological polar surface area (TPSA) is 88.8 Å². The number of pyridine rings is 1. The molecule has 4 heterocycles. The van der Waals surface area contributed by atoms with Gasteiger partial charge < -0.3 is 19.6 Å². The first kappa shape index (κ1) is 17.3. The van der Waals surface area contributed by atoms with Crippen molar-refractivity contribution in [2.45, 2.75) is 25.0 Å². The third kappa shape index (κ3) is 3.42. The van der Waals surface area contributed by atoms with Gasteiger partial charge in [-0.05, 0) is 23.8 Å². The van der Waals surface area contributed by atoms with Gasteiger partial charge in [-0.15, -0.1) is 0 Å². The summed E-state index contributed by atoms with van der Waals surface area (Å²) >= 11 is 0. The van der Waals surface area contributed by atoms with E-state index in [-0.39, 0.29) is 11.8 Å². The molecule has 8 nitrogen and oxygen atoms in total. The maximum Gasteiger partial charge on any atom is 0.270 e. The van der Waals surface area contributed by atoms with E-state index in [4.69, 9.17) is 4.84 Å². The Morgan fingerprint density at radius 2 is 2.22 bits per heavy atom. The van der Waals surface area contributed by atoms with E-state index in [2.05, 4.69) is 15.5 Å². The van der Waals surface area contributed by atoms with Crippen LogP contribution in [0.3, 0.4) is 0 Å². The quantitative estimate of drug-likeness (QED) is 0.876. The molecule has 27 heavy (non-hydrogen) atoms. The van der Waals surface area contributed by atoms with Crippen LogP contribution < -0.4 is 5.32 Å². The molecule has 2 aliphatic rings. The molecule has 0 bridgehead atoms. The van der Waals surface area contributed by atoms with Crippen LogP contribution in [0.2, 0.25) is 0 Å². The van der Waals surface area contributed by atoms with Gasteiger partial charge in [0.15, 0.2) is 5.60 Å². The predicted molar refractivity (Wildman–Crippen MR) is 97.9 cm³/mol. The number of nitrogens with zero attached hydrogens (tertiary/aromatic N) is 4. The van der Waals surface area contributed by atoms with Crippen molar-refractivity contribution < 1.29 is 14.4 Å². The molecule has 0 saturated carbocycles. The summed E-state index contributed by atoms with van der Waals surface area (Å²) in [4.78, 5) is 36.5. The fourth-order valence-electron chi connectivity index (χ4n) is 3.51. The van der Waals surface area contributed by atoms with Gasteiger partial charge in [-0.1, -0.05) is 11.2 Å². The summed E-state index contributed by atoms with van der Waals surface area (Å²) < 4.78 is 1.80. The van der Waals surface area contributed by atoms with Crippen molar-refractivity contribution in [3.63, 3.8) is 0 Å². The average molecular weight is 367 g/mol. The third-order valence-electron chi connectivity index (χ3n) is 5.04. The molecule has 1 saturated heterocycles. The van der Waals surface area contributed by atoms with Gasteiger partial charge in [0.05, 0.1) is 6.54 Å². The van der Waals surface area contributed by atoms with E-state index in [1.165, 1.54) is 0 Å². The smallest absolute Gasteiger partial charge is 0.270 e. The van der Waals surface area contributed by atoms with Crippen LogP contribution in [-0.2, 0) is 23.2 Å². The Hall–Kier alpha value is -3.16. The van der Waals surface area contributed by atoms with Crippen molar-refractivity contribution >= 4 is 17.5 Å². The molecule has 1 fully saturated rings. The standard InChI is InChI=1S/C19H21N5O3/c1-23-8-3-5-16(23)18(26)24-9-6-19(13-24)10-15(22-27-19)17(25)21-12-14-4-2-7-20-11-14/h2-5,7-8,11H,6,9-10,12-13H2,1H3,(H,21,25). The Labute approximate surface area is 156 Å². The molecular formula is C19H21N5O3. The molecule has 8 heteroatoms. The highest BCUT2D eigenvalue weighted by atomic mass is 16.7. The number of nitrogens with one attached hydrogen (secondary N) is 1. The van der Waals surface area contributed by atoms with Crippen molar-refractivity contribution in [3.05, 3.63) is 54.1 Å². The number of hydrogen-bond acceptors (Lipinski definition) is 5. The van der Waals surface area contributed by atoms with Crippen molar-refractivity contribution in [2.75, 3.05) is 13.1 Å². The maximum absolute atomic E-state index is 12.7. The Bertz CT molecular complexity index is 892. The largest absolute Gasteiger partial charge is 0.386 e. The van der Waals surface area contributed by atoms with E-state index in [1.807, 2.05) is 31.4 Å². The summed E-state index contributed by atoms with van der Waals surface area (Å²) in [7, 11) is 1.85. The lowest BCUT2D eigenvalue weighted by Crippen LogP contribution is -2.38. The first-order valence-corrected chi connectivity index (χ1v) is 8.89. The van der Waals surface area contributed by atoms with Crippen LogP contribution in [0.25, 0.3) is 0 Å². The van der Waals surface area contributed by atoms with Crippen molar-refractivity contribution in [1.82, 2.24) is 19.8 Å². The maximum atomic E-state index is 12.7. The highest BCUT2D eigenvalue weighted by Gasteiger charge is 2.48. The zero-order valence-electron chi connectivity index (χ0n) is 15.1. The van der Waals surface area contributed by atoms with Gasteiger partial charge >= 0.3 is 0 Å². The zero-order chi connectivity index (χ0) is 18.9. The van der Waals surface area contributed by atoms with Crippen LogP contribution in [-0.4, -0.2) is 50.7 Å². The lowest BCUT2D eigenvalue weighted by atomic mass is 9.96. The molecule has 2 aromatic heterocycles. The first-order valence-electron chi connectivity index (χ1n) is 8.89. The fraction of sp³-hybridized carbons (Fsp3) is 0.368. The van der Waals surface area contributed by atoms with Gasteiger partial charge in [0, 0.05) is 51.6 Å². The molecule has 2 aliphatic heterocycles. The molecule has 140 valence electrons. The summed E-state index contributed by atoms with van der Waals surface area (Å²) in [6, 6.07) is 7.37. The van der Waals surface area contributed by atoms with Crippen LogP contribution in [0.5, 0.6) is 0 Å². The van der Waals surface area contributed by atoms with E-state index < -0.39 is 5.60 Å². The number of rotatable bonds is 4. The molecule has 1 unspecified atom stereocenters. The highest BCUT2D eigenvalue weighted by molar-refractivity contribution is 6.39. The number of likely N-dealkylation sites (tertiary alicyclic amines) is 1.